The smallest absolute Gasteiger partial charge is 0.330 e. The van der Waals surface area contributed by atoms with Gasteiger partial charge in [0.05, 0.1) is 13.7 Å². The van der Waals surface area contributed by atoms with Crippen LogP contribution in [0.4, 0.5) is 4.39 Å². The molecule has 0 bridgehead atoms. The Morgan fingerprint density at radius 3 is 2.56 bits per heavy atom. The van der Waals surface area contributed by atoms with Gasteiger partial charge in [0, 0.05) is 6.42 Å². The van der Waals surface area contributed by atoms with Crippen molar-refractivity contribution in [2.75, 3.05) is 13.7 Å². The van der Waals surface area contributed by atoms with E-state index in [9.17, 15) is 23.9 Å². The molecule has 1 aromatic carbocycles. The van der Waals surface area contributed by atoms with Gasteiger partial charge in [-0.05, 0) is 30.0 Å². The number of hydrogen-bond acceptors (Lipinski definition) is 4. The van der Waals surface area contributed by atoms with E-state index in [1.165, 1.54) is 32.1 Å². The van der Waals surface area contributed by atoms with Gasteiger partial charge < -0.3 is 20.5 Å². The van der Waals surface area contributed by atoms with E-state index in [-0.39, 0.29) is 23.8 Å². The average molecular weight is 380 g/mol. The summed E-state index contributed by atoms with van der Waals surface area (Å²) in [5.41, 5.74) is 0.0710. The Morgan fingerprint density at radius 1 is 1.26 bits per heavy atom. The number of nitrogens with one attached hydrogen (secondary N) is 2. The van der Waals surface area contributed by atoms with Crippen LogP contribution in [0.1, 0.15) is 50.1 Å². The Kier molecular flexibility index (Phi) is 7.57. The van der Waals surface area contributed by atoms with Gasteiger partial charge in [0.2, 0.25) is 11.8 Å². The molecule has 2 amide bonds. The van der Waals surface area contributed by atoms with Crippen LogP contribution in [-0.2, 0) is 14.4 Å². The maximum Gasteiger partial charge on any atom is 0.330 e. The van der Waals surface area contributed by atoms with Crippen molar-refractivity contribution in [1.29, 1.82) is 0 Å². The number of carboxylic acid groups (broad SMARTS) is 1. The standard InChI is InChI=1S/C19H25FN2O5/c1-27-15-8-7-13(10-14(15)20)18(19(25)26)22-17(24)11-21-16(23)9-6-12-4-2-3-5-12/h7-8,10,12,18H,2-6,9,11H2,1H3,(H,21,23)(H,22,24)(H,25,26). The SMILES string of the molecule is COc1ccc(C(NC(=O)CNC(=O)CCC2CCCC2)C(=O)O)cc1F. The number of ether oxygens (including phenoxy) is 1. The number of aliphatic carboxylic acids is 1. The van der Waals surface area contributed by atoms with E-state index in [4.69, 9.17) is 4.74 Å². The second kappa shape index (κ2) is 9.89. The molecule has 1 unspecified atom stereocenters. The Balaban J connectivity index is 1.84. The topological polar surface area (TPSA) is 105 Å². The Bertz CT molecular complexity index is 689. The second-order valence-corrected chi connectivity index (χ2v) is 6.70. The number of halogens is 1. The molecular formula is C19H25FN2O5. The number of rotatable bonds is 9. The van der Waals surface area contributed by atoms with Crippen molar-refractivity contribution in [2.45, 2.75) is 44.6 Å². The van der Waals surface area contributed by atoms with E-state index < -0.39 is 23.7 Å². The number of hydrogen-bond donors (Lipinski definition) is 3. The lowest BCUT2D eigenvalue weighted by molar-refractivity contribution is -0.142. The van der Waals surface area contributed by atoms with Crippen LogP contribution in [0.15, 0.2) is 18.2 Å². The molecule has 148 valence electrons. The molecule has 3 N–H and O–H groups in total. The summed E-state index contributed by atoms with van der Waals surface area (Å²) in [6, 6.07) is 2.23. The molecule has 2 rings (SSSR count). The maximum absolute atomic E-state index is 13.8. The molecule has 1 fully saturated rings. The summed E-state index contributed by atoms with van der Waals surface area (Å²) >= 11 is 0. The monoisotopic (exact) mass is 380 g/mol. The van der Waals surface area contributed by atoms with Gasteiger partial charge >= 0.3 is 5.97 Å². The van der Waals surface area contributed by atoms with Gasteiger partial charge in [-0.2, -0.15) is 0 Å². The number of amides is 2. The largest absolute Gasteiger partial charge is 0.494 e. The van der Waals surface area contributed by atoms with Crippen molar-refractivity contribution in [3.05, 3.63) is 29.6 Å². The molecule has 1 aliphatic carbocycles. The minimum absolute atomic E-state index is 0.0243. The molecule has 0 aromatic heterocycles. The number of carbonyl (C=O) groups is 3. The first-order valence-electron chi connectivity index (χ1n) is 9.03. The predicted molar refractivity (Wildman–Crippen MR) is 95.7 cm³/mol. The first kappa shape index (κ1) is 20.7. The van der Waals surface area contributed by atoms with Gasteiger partial charge in [-0.15, -0.1) is 0 Å². The number of carboxylic acids is 1. The Labute approximate surface area is 157 Å². The van der Waals surface area contributed by atoms with Gasteiger partial charge in [-0.25, -0.2) is 9.18 Å². The third-order valence-corrected chi connectivity index (χ3v) is 4.76. The van der Waals surface area contributed by atoms with Crippen LogP contribution >= 0.6 is 0 Å². The Hall–Kier alpha value is -2.64. The highest BCUT2D eigenvalue weighted by molar-refractivity contribution is 5.88. The highest BCUT2D eigenvalue weighted by Gasteiger charge is 2.23. The van der Waals surface area contributed by atoms with Gasteiger partial charge in [-0.1, -0.05) is 31.7 Å². The average Bonchev–Trinajstić information content (AvgIpc) is 3.16. The molecule has 1 atom stereocenters. The lowest BCUT2D eigenvalue weighted by Gasteiger charge is -2.16. The van der Waals surface area contributed by atoms with Crippen LogP contribution in [0, 0.1) is 11.7 Å². The zero-order chi connectivity index (χ0) is 19.8. The molecule has 1 saturated carbocycles. The summed E-state index contributed by atoms with van der Waals surface area (Å²) in [7, 11) is 1.30. The summed E-state index contributed by atoms with van der Waals surface area (Å²) in [5.74, 6) is -2.40. The quantitative estimate of drug-likeness (QED) is 0.609. The van der Waals surface area contributed by atoms with Crippen LogP contribution in [0.3, 0.4) is 0 Å². The Morgan fingerprint density at radius 2 is 1.96 bits per heavy atom. The first-order chi connectivity index (χ1) is 12.9. The molecule has 0 heterocycles. The predicted octanol–water partition coefficient (Wildman–Crippen LogP) is 2.16. The molecule has 0 aliphatic heterocycles. The van der Waals surface area contributed by atoms with E-state index in [0.29, 0.717) is 12.3 Å². The zero-order valence-electron chi connectivity index (χ0n) is 15.3. The summed E-state index contributed by atoms with van der Waals surface area (Å²) in [6.07, 6.45) is 5.85. The van der Waals surface area contributed by atoms with Crippen molar-refractivity contribution in [3.8, 4) is 5.75 Å². The molecule has 0 saturated heterocycles. The second-order valence-electron chi connectivity index (χ2n) is 6.70. The fourth-order valence-electron chi connectivity index (χ4n) is 3.26. The normalized spacial score (nSPS) is 15.2. The van der Waals surface area contributed by atoms with Crippen molar-refractivity contribution in [2.24, 2.45) is 5.92 Å². The minimum atomic E-state index is -1.42. The fourth-order valence-corrected chi connectivity index (χ4v) is 3.26. The van der Waals surface area contributed by atoms with Gasteiger partial charge in [0.25, 0.3) is 0 Å². The summed E-state index contributed by atoms with van der Waals surface area (Å²) in [5, 5.41) is 14.1. The number of methoxy groups -OCH3 is 1. The maximum atomic E-state index is 13.8. The summed E-state index contributed by atoms with van der Waals surface area (Å²) in [4.78, 5) is 35.3. The zero-order valence-corrected chi connectivity index (χ0v) is 15.3. The van der Waals surface area contributed by atoms with Crippen LogP contribution < -0.4 is 15.4 Å². The van der Waals surface area contributed by atoms with Crippen molar-refractivity contribution < 1.29 is 28.6 Å². The summed E-state index contributed by atoms with van der Waals surface area (Å²) < 4.78 is 18.6. The van der Waals surface area contributed by atoms with E-state index in [1.807, 2.05) is 0 Å². The molecular weight excluding hydrogens is 355 g/mol. The van der Waals surface area contributed by atoms with E-state index in [2.05, 4.69) is 10.6 Å². The van der Waals surface area contributed by atoms with E-state index >= 15 is 0 Å². The molecule has 1 aliphatic rings. The van der Waals surface area contributed by atoms with Gasteiger partial charge in [0.1, 0.15) is 0 Å². The van der Waals surface area contributed by atoms with E-state index in [0.717, 1.165) is 25.3 Å². The molecule has 7 nitrogen and oxygen atoms in total. The minimum Gasteiger partial charge on any atom is -0.494 e. The van der Waals surface area contributed by atoms with Gasteiger partial charge in [-0.3, -0.25) is 9.59 Å². The number of carbonyl (C=O) groups excluding carboxylic acids is 2. The lowest BCUT2D eigenvalue weighted by atomic mass is 10.0. The highest BCUT2D eigenvalue weighted by atomic mass is 19.1. The van der Waals surface area contributed by atoms with Crippen LogP contribution in [0.25, 0.3) is 0 Å². The number of benzene rings is 1. The lowest BCUT2D eigenvalue weighted by Crippen LogP contribution is -2.41. The molecule has 1 aromatic rings. The van der Waals surface area contributed by atoms with Crippen molar-refractivity contribution in [3.63, 3.8) is 0 Å². The van der Waals surface area contributed by atoms with Crippen molar-refractivity contribution in [1.82, 2.24) is 10.6 Å². The molecule has 0 radical (unpaired) electrons. The third-order valence-electron chi connectivity index (χ3n) is 4.76. The van der Waals surface area contributed by atoms with Crippen LogP contribution in [-0.4, -0.2) is 36.5 Å². The van der Waals surface area contributed by atoms with Crippen LogP contribution in [0.5, 0.6) is 5.75 Å². The highest BCUT2D eigenvalue weighted by Crippen LogP contribution is 2.28. The van der Waals surface area contributed by atoms with E-state index in [1.54, 1.807) is 0 Å². The fraction of sp³-hybridized carbons (Fsp3) is 0.526. The molecule has 8 heteroatoms. The molecule has 27 heavy (non-hydrogen) atoms. The van der Waals surface area contributed by atoms with Crippen LogP contribution in [0.2, 0.25) is 0 Å². The van der Waals surface area contributed by atoms with Crippen molar-refractivity contribution >= 4 is 17.8 Å². The van der Waals surface area contributed by atoms with Gasteiger partial charge in [0.15, 0.2) is 17.6 Å². The molecule has 0 spiro atoms. The third kappa shape index (κ3) is 6.23. The summed E-state index contributed by atoms with van der Waals surface area (Å²) in [6.45, 7) is -0.327. The first-order valence-corrected chi connectivity index (χ1v) is 9.03.